The Labute approximate surface area is 145 Å². The number of hydrogen-bond donors (Lipinski definition) is 1. The summed E-state index contributed by atoms with van der Waals surface area (Å²) in [4.78, 5) is 12.8. The number of nitrogens with one attached hydrogen (secondary N) is 1. The zero-order valence-corrected chi connectivity index (χ0v) is 14.3. The number of amides is 1. The van der Waals surface area contributed by atoms with Crippen LogP contribution in [0.5, 0.6) is 0 Å². The first kappa shape index (κ1) is 18.7. The van der Waals surface area contributed by atoms with Crippen LogP contribution >= 0.6 is 23.5 Å². The Bertz CT molecular complexity index is 676. The highest BCUT2D eigenvalue weighted by atomic mass is 32.2. The maximum Gasteiger partial charge on any atom is 0.451 e. The smallest absolute Gasteiger partial charge is 0.355 e. The van der Waals surface area contributed by atoms with Crippen LogP contribution in [-0.4, -0.2) is 38.7 Å². The van der Waals surface area contributed by atoms with Crippen molar-refractivity contribution in [2.24, 2.45) is 7.05 Å². The molecule has 2 rings (SSSR count). The van der Waals surface area contributed by atoms with Crippen molar-refractivity contribution in [3.63, 3.8) is 0 Å². The highest BCUT2D eigenvalue weighted by molar-refractivity contribution is 7.99. The van der Waals surface area contributed by atoms with E-state index in [0.717, 1.165) is 21.2 Å². The van der Waals surface area contributed by atoms with E-state index in [4.69, 9.17) is 0 Å². The summed E-state index contributed by atoms with van der Waals surface area (Å²) in [5.41, 5.74) is 0. The molecule has 0 fully saturated rings. The minimum absolute atomic E-state index is 0.0141. The van der Waals surface area contributed by atoms with Crippen LogP contribution in [-0.2, 0) is 18.0 Å². The fourth-order valence-corrected chi connectivity index (χ4v) is 3.27. The molecule has 0 saturated heterocycles. The Morgan fingerprint density at radius 2 is 1.92 bits per heavy atom. The molecule has 1 amide bonds. The van der Waals surface area contributed by atoms with Crippen LogP contribution in [0.25, 0.3) is 0 Å². The number of hydrogen-bond acceptors (Lipinski definition) is 5. The molecule has 0 atom stereocenters. The number of carbonyl (C=O) groups is 1. The average molecular weight is 376 g/mol. The largest absolute Gasteiger partial charge is 0.451 e. The second kappa shape index (κ2) is 8.43. The van der Waals surface area contributed by atoms with E-state index in [1.807, 2.05) is 30.3 Å². The third kappa shape index (κ3) is 5.45. The van der Waals surface area contributed by atoms with Gasteiger partial charge in [0.25, 0.3) is 0 Å². The molecular weight excluding hydrogens is 361 g/mol. The molecule has 0 aliphatic rings. The van der Waals surface area contributed by atoms with Crippen molar-refractivity contribution in [3.05, 3.63) is 36.2 Å². The lowest BCUT2D eigenvalue weighted by molar-refractivity contribution is -0.147. The summed E-state index contributed by atoms with van der Waals surface area (Å²) in [6, 6.07) is 9.77. The van der Waals surface area contributed by atoms with Crippen LogP contribution in [0.4, 0.5) is 13.2 Å². The fourth-order valence-electron chi connectivity index (χ4n) is 1.74. The average Bonchev–Trinajstić information content (AvgIpc) is 2.91. The molecule has 0 unspecified atom stereocenters. The van der Waals surface area contributed by atoms with Gasteiger partial charge in [-0.3, -0.25) is 4.79 Å². The van der Waals surface area contributed by atoms with E-state index in [9.17, 15) is 18.0 Å². The molecule has 5 nitrogen and oxygen atoms in total. The minimum Gasteiger partial charge on any atom is -0.355 e. The van der Waals surface area contributed by atoms with Crippen molar-refractivity contribution < 1.29 is 18.0 Å². The van der Waals surface area contributed by atoms with Crippen LogP contribution in [0.1, 0.15) is 5.82 Å². The number of alkyl halides is 3. The van der Waals surface area contributed by atoms with E-state index in [1.165, 1.54) is 7.05 Å². The summed E-state index contributed by atoms with van der Waals surface area (Å²) >= 11 is 2.53. The zero-order chi connectivity index (χ0) is 17.6. The van der Waals surface area contributed by atoms with Crippen molar-refractivity contribution >= 4 is 29.4 Å². The maximum absolute atomic E-state index is 12.6. The zero-order valence-electron chi connectivity index (χ0n) is 12.7. The molecule has 2 aromatic rings. The Kier molecular flexibility index (Phi) is 6.55. The lowest BCUT2D eigenvalue weighted by Crippen LogP contribution is -2.27. The molecule has 10 heteroatoms. The Hall–Kier alpha value is -1.68. The van der Waals surface area contributed by atoms with Gasteiger partial charge in [-0.25, -0.2) is 0 Å². The third-order valence-electron chi connectivity index (χ3n) is 2.86. The van der Waals surface area contributed by atoms with Crippen LogP contribution in [0.2, 0.25) is 0 Å². The SMILES string of the molecule is Cn1c(SCC(=O)NCCSc2ccccc2)nnc1C(F)(F)F. The first-order valence-corrected chi connectivity index (χ1v) is 8.89. The first-order valence-electron chi connectivity index (χ1n) is 6.92. The monoisotopic (exact) mass is 376 g/mol. The quantitative estimate of drug-likeness (QED) is 0.595. The Balaban J connectivity index is 1.71. The van der Waals surface area contributed by atoms with Gasteiger partial charge >= 0.3 is 6.18 Å². The lowest BCUT2D eigenvalue weighted by atomic mass is 10.4. The van der Waals surface area contributed by atoms with Crippen LogP contribution in [0.3, 0.4) is 0 Å². The molecule has 130 valence electrons. The standard InChI is InChI=1S/C14H15F3N4OS2/c1-21-12(14(15,16)17)19-20-13(21)24-9-11(22)18-7-8-23-10-5-3-2-4-6-10/h2-6H,7-9H2,1H3,(H,18,22). The number of rotatable bonds is 7. The van der Waals surface area contributed by atoms with Gasteiger partial charge in [0.05, 0.1) is 5.75 Å². The van der Waals surface area contributed by atoms with Gasteiger partial charge in [0.1, 0.15) is 0 Å². The predicted octanol–water partition coefficient (Wildman–Crippen LogP) is 2.83. The number of carbonyl (C=O) groups excluding carboxylic acids is 1. The van der Waals surface area contributed by atoms with E-state index < -0.39 is 12.0 Å². The lowest BCUT2D eigenvalue weighted by Gasteiger charge is -2.07. The highest BCUT2D eigenvalue weighted by Gasteiger charge is 2.37. The second-order valence-electron chi connectivity index (χ2n) is 4.66. The van der Waals surface area contributed by atoms with Crippen molar-refractivity contribution in [1.29, 1.82) is 0 Å². The molecule has 1 aromatic carbocycles. The molecule has 1 N–H and O–H groups in total. The van der Waals surface area contributed by atoms with Gasteiger partial charge in [-0.05, 0) is 12.1 Å². The number of benzene rings is 1. The molecule has 0 spiro atoms. The summed E-state index contributed by atoms with van der Waals surface area (Å²) in [7, 11) is 1.22. The summed E-state index contributed by atoms with van der Waals surface area (Å²) in [5.74, 6) is -0.641. The molecular formula is C14H15F3N4OS2. The van der Waals surface area contributed by atoms with Crippen molar-refractivity contribution in [1.82, 2.24) is 20.1 Å². The van der Waals surface area contributed by atoms with E-state index in [1.54, 1.807) is 11.8 Å². The molecule has 0 bridgehead atoms. The van der Waals surface area contributed by atoms with Crippen LogP contribution in [0.15, 0.2) is 40.4 Å². The molecule has 0 radical (unpaired) electrons. The van der Waals surface area contributed by atoms with E-state index in [-0.39, 0.29) is 16.8 Å². The Morgan fingerprint density at radius 3 is 2.54 bits per heavy atom. The molecule has 0 aliphatic carbocycles. The molecule has 0 aliphatic heterocycles. The predicted molar refractivity (Wildman–Crippen MR) is 86.9 cm³/mol. The summed E-state index contributed by atoms with van der Waals surface area (Å²) in [6.45, 7) is 0.478. The second-order valence-corrected chi connectivity index (χ2v) is 6.77. The van der Waals surface area contributed by atoms with Gasteiger partial charge in [0.2, 0.25) is 11.7 Å². The molecule has 0 saturated carbocycles. The van der Waals surface area contributed by atoms with Crippen molar-refractivity contribution in [2.75, 3.05) is 18.1 Å². The van der Waals surface area contributed by atoms with Gasteiger partial charge in [-0.15, -0.1) is 22.0 Å². The first-order chi connectivity index (χ1) is 11.4. The van der Waals surface area contributed by atoms with Crippen molar-refractivity contribution in [2.45, 2.75) is 16.2 Å². The summed E-state index contributed by atoms with van der Waals surface area (Å²) in [6.07, 6.45) is -4.56. The van der Waals surface area contributed by atoms with E-state index in [0.29, 0.717) is 12.3 Å². The van der Waals surface area contributed by atoms with Crippen LogP contribution < -0.4 is 5.32 Å². The molecule has 1 heterocycles. The van der Waals surface area contributed by atoms with Gasteiger partial charge in [0, 0.05) is 24.2 Å². The van der Waals surface area contributed by atoms with Gasteiger partial charge < -0.3 is 9.88 Å². The minimum atomic E-state index is -4.56. The number of thioether (sulfide) groups is 2. The molecule has 1 aromatic heterocycles. The normalized spacial score (nSPS) is 11.5. The summed E-state index contributed by atoms with van der Waals surface area (Å²) in [5, 5.41) is 9.34. The number of nitrogens with zero attached hydrogens (tertiary/aromatic N) is 3. The Morgan fingerprint density at radius 1 is 1.21 bits per heavy atom. The number of halogens is 3. The van der Waals surface area contributed by atoms with Crippen LogP contribution in [0, 0.1) is 0 Å². The van der Waals surface area contributed by atoms with Gasteiger partial charge in [-0.1, -0.05) is 30.0 Å². The van der Waals surface area contributed by atoms with E-state index >= 15 is 0 Å². The van der Waals surface area contributed by atoms with Gasteiger partial charge in [-0.2, -0.15) is 13.2 Å². The molecule has 24 heavy (non-hydrogen) atoms. The van der Waals surface area contributed by atoms with Gasteiger partial charge in [0.15, 0.2) is 5.16 Å². The topological polar surface area (TPSA) is 59.8 Å². The summed E-state index contributed by atoms with van der Waals surface area (Å²) < 4.78 is 38.6. The fraction of sp³-hybridized carbons (Fsp3) is 0.357. The van der Waals surface area contributed by atoms with Crippen molar-refractivity contribution in [3.8, 4) is 0 Å². The highest BCUT2D eigenvalue weighted by Crippen LogP contribution is 2.29. The third-order valence-corrected chi connectivity index (χ3v) is 4.89. The maximum atomic E-state index is 12.6. The number of aromatic nitrogens is 3. The van der Waals surface area contributed by atoms with E-state index in [2.05, 4.69) is 15.5 Å².